The minimum atomic E-state index is -0.307. The van der Waals surface area contributed by atoms with Crippen LogP contribution in [0.5, 0.6) is 5.75 Å². The van der Waals surface area contributed by atoms with Gasteiger partial charge in [0, 0.05) is 28.9 Å². The predicted octanol–water partition coefficient (Wildman–Crippen LogP) is 5.27. The molecule has 9 heteroatoms. The van der Waals surface area contributed by atoms with E-state index in [2.05, 4.69) is 25.5 Å². The van der Waals surface area contributed by atoms with Gasteiger partial charge in [-0.05, 0) is 31.9 Å². The monoisotopic (exact) mass is 443 g/mol. The lowest BCUT2D eigenvalue weighted by Crippen LogP contribution is -2.14. The van der Waals surface area contributed by atoms with Crippen LogP contribution in [0.2, 0.25) is 5.15 Å². The molecule has 1 aliphatic carbocycles. The number of hydrogen-bond donors (Lipinski definition) is 1. The van der Waals surface area contributed by atoms with Crippen LogP contribution in [0.25, 0.3) is 11.1 Å². The maximum Gasteiger partial charge on any atom is 0.259 e. The van der Waals surface area contributed by atoms with Gasteiger partial charge in [0.15, 0.2) is 0 Å². The van der Waals surface area contributed by atoms with E-state index >= 15 is 0 Å². The highest BCUT2D eigenvalue weighted by Gasteiger charge is 2.22. The standard InChI is InChI=1S/C21H22ClN5O2S/c1-12-8-14(15-9-18(22)24-11-17(15)29-2)16(10-23-12)19(28)25-21-27-26-20(30-21)13-6-4-3-5-7-13/h8-11,13H,3-7H2,1-2H3,(H,25,27,28). The molecule has 1 aliphatic rings. The summed E-state index contributed by atoms with van der Waals surface area (Å²) in [5.41, 5.74) is 2.51. The quantitative estimate of drug-likeness (QED) is 0.540. The van der Waals surface area contributed by atoms with E-state index in [0.717, 1.165) is 23.5 Å². The molecule has 1 amide bonds. The molecule has 0 aliphatic heterocycles. The Hall–Kier alpha value is -2.58. The van der Waals surface area contributed by atoms with Crippen LogP contribution in [-0.2, 0) is 0 Å². The second kappa shape index (κ2) is 9.06. The number of pyridine rings is 2. The number of nitrogens with one attached hydrogen (secondary N) is 1. The Morgan fingerprint density at radius 2 is 1.93 bits per heavy atom. The first-order valence-corrected chi connectivity index (χ1v) is 11.1. The van der Waals surface area contributed by atoms with Crippen molar-refractivity contribution >= 4 is 34.0 Å². The highest BCUT2D eigenvalue weighted by atomic mass is 35.5. The summed E-state index contributed by atoms with van der Waals surface area (Å²) in [7, 11) is 1.55. The molecule has 1 N–H and O–H groups in total. The third-order valence-corrected chi connectivity index (χ3v) is 6.45. The number of aromatic nitrogens is 4. The second-order valence-corrected chi connectivity index (χ2v) is 8.71. The van der Waals surface area contributed by atoms with E-state index in [4.69, 9.17) is 16.3 Å². The van der Waals surface area contributed by atoms with Gasteiger partial charge in [0.05, 0.1) is 18.9 Å². The van der Waals surface area contributed by atoms with Crippen molar-refractivity contribution < 1.29 is 9.53 Å². The van der Waals surface area contributed by atoms with E-state index in [-0.39, 0.29) is 5.91 Å². The number of rotatable bonds is 5. The predicted molar refractivity (Wildman–Crippen MR) is 117 cm³/mol. The molecule has 1 saturated carbocycles. The number of anilines is 1. The molecule has 3 aromatic rings. The van der Waals surface area contributed by atoms with E-state index in [1.54, 1.807) is 19.4 Å². The number of ether oxygens (including phenoxy) is 1. The lowest BCUT2D eigenvalue weighted by molar-refractivity contribution is 0.102. The summed E-state index contributed by atoms with van der Waals surface area (Å²) in [6.07, 6.45) is 9.09. The molecule has 0 radical (unpaired) electrons. The summed E-state index contributed by atoms with van der Waals surface area (Å²) in [4.78, 5) is 21.4. The molecule has 156 valence electrons. The third-order valence-electron chi connectivity index (χ3n) is 5.24. The molecule has 7 nitrogen and oxygen atoms in total. The van der Waals surface area contributed by atoms with Gasteiger partial charge >= 0.3 is 0 Å². The van der Waals surface area contributed by atoms with Gasteiger partial charge in [-0.2, -0.15) is 0 Å². The van der Waals surface area contributed by atoms with E-state index in [0.29, 0.717) is 38.6 Å². The lowest BCUT2D eigenvalue weighted by atomic mass is 9.90. The first-order chi connectivity index (χ1) is 14.5. The van der Waals surface area contributed by atoms with Crippen LogP contribution < -0.4 is 10.1 Å². The molecule has 0 unspecified atom stereocenters. The summed E-state index contributed by atoms with van der Waals surface area (Å²) in [6, 6.07) is 3.51. The Labute approximate surface area is 183 Å². The van der Waals surface area contributed by atoms with Gasteiger partial charge in [0.25, 0.3) is 5.91 Å². The average Bonchev–Trinajstić information content (AvgIpc) is 3.22. The number of hydrogen-bond acceptors (Lipinski definition) is 7. The highest BCUT2D eigenvalue weighted by Crippen LogP contribution is 2.36. The molecule has 0 bridgehead atoms. The van der Waals surface area contributed by atoms with Crippen LogP contribution in [0.1, 0.15) is 59.1 Å². The zero-order valence-corrected chi connectivity index (χ0v) is 18.4. The van der Waals surface area contributed by atoms with E-state index < -0.39 is 0 Å². The van der Waals surface area contributed by atoms with Crippen molar-refractivity contribution in [3.8, 4) is 16.9 Å². The normalized spacial score (nSPS) is 14.5. The van der Waals surface area contributed by atoms with Crippen LogP contribution in [0.3, 0.4) is 0 Å². The molecule has 3 aromatic heterocycles. The van der Waals surface area contributed by atoms with Crippen molar-refractivity contribution in [2.75, 3.05) is 12.4 Å². The number of methoxy groups -OCH3 is 1. The van der Waals surface area contributed by atoms with Gasteiger partial charge in [-0.25, -0.2) is 4.98 Å². The SMILES string of the molecule is COc1cnc(Cl)cc1-c1cc(C)ncc1C(=O)Nc1nnc(C2CCCCC2)s1. The van der Waals surface area contributed by atoms with Gasteiger partial charge in [-0.1, -0.05) is 42.2 Å². The van der Waals surface area contributed by atoms with Crippen molar-refractivity contribution in [2.24, 2.45) is 0 Å². The molecular weight excluding hydrogens is 422 g/mol. The Balaban J connectivity index is 1.63. The summed E-state index contributed by atoms with van der Waals surface area (Å²) in [6.45, 7) is 1.86. The molecule has 0 atom stereocenters. The molecule has 1 fully saturated rings. The van der Waals surface area contributed by atoms with Crippen LogP contribution in [0.4, 0.5) is 5.13 Å². The maximum atomic E-state index is 13.1. The van der Waals surface area contributed by atoms with Crippen LogP contribution in [0, 0.1) is 6.92 Å². The van der Waals surface area contributed by atoms with E-state index in [1.165, 1.54) is 36.8 Å². The van der Waals surface area contributed by atoms with Crippen molar-refractivity contribution in [2.45, 2.75) is 44.9 Å². The minimum absolute atomic E-state index is 0.307. The fourth-order valence-corrected chi connectivity index (χ4v) is 4.78. The smallest absolute Gasteiger partial charge is 0.259 e. The summed E-state index contributed by atoms with van der Waals surface area (Å²) in [5.74, 6) is 0.662. The number of aryl methyl sites for hydroxylation is 1. The van der Waals surface area contributed by atoms with Gasteiger partial charge < -0.3 is 4.74 Å². The molecule has 30 heavy (non-hydrogen) atoms. The number of carbonyl (C=O) groups excluding carboxylic acids is 1. The van der Waals surface area contributed by atoms with Crippen LogP contribution in [-0.4, -0.2) is 33.2 Å². The summed E-state index contributed by atoms with van der Waals surface area (Å²) < 4.78 is 5.42. The summed E-state index contributed by atoms with van der Waals surface area (Å²) in [5, 5.41) is 13.2. The molecule has 4 rings (SSSR count). The molecule has 0 aromatic carbocycles. The minimum Gasteiger partial charge on any atom is -0.494 e. The molecular formula is C21H22ClN5O2S. The van der Waals surface area contributed by atoms with E-state index in [9.17, 15) is 4.79 Å². The van der Waals surface area contributed by atoms with Crippen molar-refractivity contribution in [1.29, 1.82) is 0 Å². The Bertz CT molecular complexity index is 1070. The van der Waals surface area contributed by atoms with Gasteiger partial charge in [-0.15, -0.1) is 10.2 Å². The number of nitrogens with zero attached hydrogens (tertiary/aromatic N) is 4. The van der Waals surface area contributed by atoms with Crippen LogP contribution >= 0.6 is 22.9 Å². The van der Waals surface area contributed by atoms with Gasteiger partial charge in [0.1, 0.15) is 15.9 Å². The fourth-order valence-electron chi connectivity index (χ4n) is 3.72. The topological polar surface area (TPSA) is 89.9 Å². The first kappa shape index (κ1) is 20.7. The second-order valence-electron chi connectivity index (χ2n) is 7.31. The third kappa shape index (κ3) is 4.44. The van der Waals surface area contributed by atoms with Crippen molar-refractivity contribution in [3.05, 3.63) is 45.9 Å². The molecule has 3 heterocycles. The molecule has 0 spiro atoms. The van der Waals surface area contributed by atoms with Gasteiger partial charge in [-0.3, -0.25) is 15.1 Å². The number of halogens is 1. The first-order valence-electron chi connectivity index (χ1n) is 9.86. The van der Waals surface area contributed by atoms with Crippen molar-refractivity contribution in [1.82, 2.24) is 20.2 Å². The van der Waals surface area contributed by atoms with Crippen LogP contribution in [0.15, 0.2) is 24.5 Å². The van der Waals surface area contributed by atoms with E-state index in [1.807, 2.05) is 13.0 Å². The number of amides is 1. The number of carbonyl (C=O) groups is 1. The zero-order valence-electron chi connectivity index (χ0n) is 16.8. The Morgan fingerprint density at radius 1 is 1.13 bits per heavy atom. The van der Waals surface area contributed by atoms with Crippen molar-refractivity contribution in [3.63, 3.8) is 0 Å². The highest BCUT2D eigenvalue weighted by molar-refractivity contribution is 7.15. The summed E-state index contributed by atoms with van der Waals surface area (Å²) >= 11 is 7.55. The fraction of sp³-hybridized carbons (Fsp3) is 0.381. The zero-order chi connectivity index (χ0) is 21.1. The Morgan fingerprint density at radius 3 is 2.70 bits per heavy atom. The largest absolute Gasteiger partial charge is 0.494 e. The molecule has 0 saturated heterocycles. The van der Waals surface area contributed by atoms with Gasteiger partial charge in [0.2, 0.25) is 5.13 Å². The maximum absolute atomic E-state index is 13.1. The Kier molecular flexibility index (Phi) is 6.24. The average molecular weight is 444 g/mol. The lowest BCUT2D eigenvalue weighted by Gasteiger charge is -2.18.